The highest BCUT2D eigenvalue weighted by molar-refractivity contribution is 5.93. The van der Waals surface area contributed by atoms with Crippen LogP contribution in [0.15, 0.2) is 77.1 Å². The second-order valence-corrected chi connectivity index (χ2v) is 6.76. The maximum atomic E-state index is 5.98. The normalized spacial score (nSPS) is 21.0. The SMILES string of the molecule is C#CC=C1/C(=C\C)c2ccccc2C1(C)C(=C/C)/C(C#C)=C(/OCC#C)C(=C)C#C. The van der Waals surface area contributed by atoms with E-state index in [0.717, 1.165) is 27.8 Å². The minimum absolute atomic E-state index is 0.0265. The summed E-state index contributed by atoms with van der Waals surface area (Å²) in [5.41, 5.74) is 5.35. The molecular formula is C29H24O. The lowest BCUT2D eigenvalue weighted by molar-refractivity contribution is 0.262. The Morgan fingerprint density at radius 1 is 1.13 bits per heavy atom. The highest BCUT2D eigenvalue weighted by atomic mass is 16.5. The summed E-state index contributed by atoms with van der Waals surface area (Å²) in [7, 11) is 0. The van der Waals surface area contributed by atoms with Crippen molar-refractivity contribution in [2.75, 3.05) is 6.61 Å². The molecule has 0 amide bonds. The average Bonchev–Trinajstić information content (AvgIpc) is 3.01. The third kappa shape index (κ3) is 3.51. The quantitative estimate of drug-likeness (QED) is 0.363. The molecule has 0 saturated carbocycles. The zero-order valence-corrected chi connectivity index (χ0v) is 17.7. The maximum Gasteiger partial charge on any atom is 0.151 e. The maximum absolute atomic E-state index is 5.98. The number of rotatable bonds is 5. The molecule has 2 rings (SSSR count). The van der Waals surface area contributed by atoms with Gasteiger partial charge in [-0.1, -0.05) is 66.7 Å². The highest BCUT2D eigenvalue weighted by Gasteiger charge is 2.45. The molecule has 1 heteroatoms. The molecule has 0 N–H and O–H groups in total. The molecule has 0 radical (unpaired) electrons. The number of hydrogen-bond acceptors (Lipinski definition) is 1. The Labute approximate surface area is 180 Å². The van der Waals surface area contributed by atoms with E-state index in [9.17, 15) is 0 Å². The molecule has 1 aliphatic carbocycles. The summed E-state index contributed by atoms with van der Waals surface area (Å²) in [4.78, 5) is 0. The largest absolute Gasteiger partial charge is 0.478 e. The van der Waals surface area contributed by atoms with E-state index in [0.29, 0.717) is 16.9 Å². The van der Waals surface area contributed by atoms with Crippen molar-refractivity contribution in [2.24, 2.45) is 0 Å². The minimum atomic E-state index is -0.610. The van der Waals surface area contributed by atoms with Crippen LogP contribution in [0.2, 0.25) is 0 Å². The molecule has 0 aromatic heterocycles. The van der Waals surface area contributed by atoms with Gasteiger partial charge in [0, 0.05) is 5.41 Å². The topological polar surface area (TPSA) is 9.23 Å². The molecule has 1 aliphatic rings. The second kappa shape index (κ2) is 9.44. The van der Waals surface area contributed by atoms with E-state index in [1.807, 2.05) is 32.1 Å². The van der Waals surface area contributed by atoms with Crippen LogP contribution < -0.4 is 0 Å². The summed E-state index contributed by atoms with van der Waals surface area (Å²) in [5, 5.41) is 0. The van der Waals surface area contributed by atoms with Crippen LogP contribution in [0.4, 0.5) is 0 Å². The van der Waals surface area contributed by atoms with Crippen molar-refractivity contribution in [3.63, 3.8) is 0 Å². The zero-order chi connectivity index (χ0) is 22.3. The molecular weight excluding hydrogens is 364 g/mol. The fourth-order valence-electron chi connectivity index (χ4n) is 4.06. The second-order valence-electron chi connectivity index (χ2n) is 6.76. The van der Waals surface area contributed by atoms with Gasteiger partial charge in [0.15, 0.2) is 5.76 Å². The molecule has 0 aliphatic heterocycles. The van der Waals surface area contributed by atoms with Gasteiger partial charge in [0.2, 0.25) is 0 Å². The van der Waals surface area contributed by atoms with Crippen molar-refractivity contribution in [3.05, 3.63) is 88.3 Å². The molecule has 0 spiro atoms. The van der Waals surface area contributed by atoms with E-state index in [-0.39, 0.29) is 6.61 Å². The molecule has 30 heavy (non-hydrogen) atoms. The van der Waals surface area contributed by atoms with Crippen LogP contribution in [0.5, 0.6) is 0 Å². The van der Waals surface area contributed by atoms with Gasteiger partial charge in [-0.3, -0.25) is 0 Å². The molecule has 146 valence electrons. The van der Waals surface area contributed by atoms with E-state index in [4.69, 9.17) is 30.4 Å². The Bertz CT molecular complexity index is 1170. The van der Waals surface area contributed by atoms with Crippen molar-refractivity contribution < 1.29 is 4.74 Å². The van der Waals surface area contributed by atoms with Crippen LogP contribution in [-0.4, -0.2) is 6.61 Å². The third-order valence-corrected chi connectivity index (χ3v) is 5.32. The van der Waals surface area contributed by atoms with Gasteiger partial charge in [-0.25, -0.2) is 0 Å². The smallest absolute Gasteiger partial charge is 0.151 e. The van der Waals surface area contributed by atoms with Crippen molar-refractivity contribution in [3.8, 4) is 49.4 Å². The lowest BCUT2D eigenvalue weighted by Crippen LogP contribution is -2.26. The number of fused-ring (bicyclic) bond motifs is 1. The summed E-state index contributed by atoms with van der Waals surface area (Å²) in [5.74, 6) is 10.8. The van der Waals surface area contributed by atoms with Crippen molar-refractivity contribution >= 4 is 5.57 Å². The van der Waals surface area contributed by atoms with Gasteiger partial charge >= 0.3 is 0 Å². The van der Waals surface area contributed by atoms with Gasteiger partial charge in [-0.15, -0.1) is 25.7 Å². The molecule has 0 heterocycles. The van der Waals surface area contributed by atoms with E-state index in [1.165, 1.54) is 0 Å². The van der Waals surface area contributed by atoms with E-state index >= 15 is 0 Å². The van der Waals surface area contributed by atoms with Crippen LogP contribution in [0.1, 0.15) is 31.9 Å². The first kappa shape index (κ1) is 22.3. The lowest BCUT2D eigenvalue weighted by Gasteiger charge is -2.32. The monoisotopic (exact) mass is 388 g/mol. The summed E-state index contributed by atoms with van der Waals surface area (Å²) >= 11 is 0. The van der Waals surface area contributed by atoms with Gasteiger partial charge in [-0.05, 0) is 54.7 Å². The molecule has 1 nitrogen and oxygen atoms in total. The number of hydrogen-bond donors (Lipinski definition) is 0. The standard InChI is InChI=1S/C29H24O/c1-9-17-26-22(12-4)24-18-15-16-19-27(24)29(26,8)25(14-6)23(13-5)28(21(7)11-3)30-20-10-2/h1-3,5,12,14-19H,7,20H2,4,6,8H3/b22-12-,25-14+,26-17?,28-23+. The van der Waals surface area contributed by atoms with Crippen LogP contribution in [0.25, 0.3) is 5.57 Å². The highest BCUT2D eigenvalue weighted by Crippen LogP contribution is 2.55. The summed E-state index contributed by atoms with van der Waals surface area (Å²) in [6.07, 6.45) is 28.5. The first-order chi connectivity index (χ1) is 14.5. The number of terminal acetylenes is 4. The molecule has 1 atom stereocenters. The van der Waals surface area contributed by atoms with Crippen LogP contribution in [-0.2, 0) is 10.2 Å². The number of ether oxygens (including phenoxy) is 1. The summed E-state index contributed by atoms with van der Waals surface area (Å²) in [6, 6.07) is 8.19. The fourth-order valence-corrected chi connectivity index (χ4v) is 4.06. The Morgan fingerprint density at radius 2 is 1.83 bits per heavy atom. The van der Waals surface area contributed by atoms with Crippen molar-refractivity contribution in [1.82, 2.24) is 0 Å². The Kier molecular flexibility index (Phi) is 7.00. The molecule has 1 aromatic rings. The van der Waals surface area contributed by atoms with Crippen molar-refractivity contribution in [1.29, 1.82) is 0 Å². The van der Waals surface area contributed by atoms with E-state index in [2.05, 4.69) is 55.4 Å². The first-order valence-electron chi connectivity index (χ1n) is 9.49. The van der Waals surface area contributed by atoms with Crippen LogP contribution in [0.3, 0.4) is 0 Å². The average molecular weight is 389 g/mol. The predicted octanol–water partition coefficient (Wildman–Crippen LogP) is 5.59. The lowest BCUT2D eigenvalue weighted by atomic mass is 9.70. The number of allylic oxidation sites excluding steroid dienone is 8. The van der Waals surface area contributed by atoms with Gasteiger partial charge in [0.25, 0.3) is 0 Å². The minimum Gasteiger partial charge on any atom is -0.478 e. The Balaban J connectivity index is 2.94. The number of benzene rings is 1. The van der Waals surface area contributed by atoms with Gasteiger partial charge in [0.05, 0.1) is 11.1 Å². The summed E-state index contributed by atoms with van der Waals surface area (Å²) in [6.45, 7) is 9.98. The Hall–Kier alpha value is -4.04. The molecule has 1 aromatic carbocycles. The third-order valence-electron chi connectivity index (χ3n) is 5.32. The summed E-state index contributed by atoms with van der Waals surface area (Å²) < 4.78 is 5.76. The Morgan fingerprint density at radius 3 is 2.37 bits per heavy atom. The van der Waals surface area contributed by atoms with Gasteiger partial charge in [-0.2, -0.15) is 0 Å². The predicted molar refractivity (Wildman–Crippen MR) is 127 cm³/mol. The fraction of sp³-hybridized carbons (Fsp3) is 0.172. The van der Waals surface area contributed by atoms with Gasteiger partial charge in [0.1, 0.15) is 6.61 Å². The molecule has 0 saturated heterocycles. The molecule has 1 unspecified atom stereocenters. The first-order valence-corrected chi connectivity index (χ1v) is 9.49. The molecule has 0 bridgehead atoms. The van der Waals surface area contributed by atoms with Crippen molar-refractivity contribution in [2.45, 2.75) is 26.2 Å². The van der Waals surface area contributed by atoms with Crippen LogP contribution in [0, 0.1) is 49.4 Å². The molecule has 0 fully saturated rings. The van der Waals surface area contributed by atoms with E-state index in [1.54, 1.807) is 6.08 Å². The van der Waals surface area contributed by atoms with Crippen LogP contribution >= 0.6 is 0 Å². The van der Waals surface area contributed by atoms with E-state index < -0.39 is 5.41 Å². The zero-order valence-electron chi connectivity index (χ0n) is 17.7. The van der Waals surface area contributed by atoms with Gasteiger partial charge < -0.3 is 4.74 Å².